The van der Waals surface area contributed by atoms with Crippen LogP contribution in [0.1, 0.15) is 32.1 Å². The van der Waals surface area contributed by atoms with E-state index in [0.29, 0.717) is 42.8 Å². The summed E-state index contributed by atoms with van der Waals surface area (Å²) in [5.41, 5.74) is 0.516. The number of aromatic nitrogens is 2. The second-order valence-corrected chi connectivity index (χ2v) is 7.16. The molecule has 0 aliphatic rings. The van der Waals surface area contributed by atoms with E-state index in [1.807, 2.05) is 19.9 Å². The highest BCUT2D eigenvalue weighted by Crippen LogP contribution is 2.22. The second kappa shape index (κ2) is 10.2. The molecular formula is C23H27FN4O3. The zero-order valence-electron chi connectivity index (χ0n) is 18.0. The first-order valence-corrected chi connectivity index (χ1v) is 10.3. The number of benzene rings is 2. The lowest BCUT2D eigenvalue weighted by Gasteiger charge is -2.30. The number of ether oxygens (including phenoxy) is 1. The van der Waals surface area contributed by atoms with E-state index in [1.54, 1.807) is 46.9 Å². The van der Waals surface area contributed by atoms with Crippen LogP contribution in [-0.4, -0.2) is 40.7 Å². The predicted octanol–water partition coefficient (Wildman–Crippen LogP) is 4.19. The third-order valence-electron chi connectivity index (χ3n) is 5.17. The van der Waals surface area contributed by atoms with E-state index in [9.17, 15) is 14.0 Å². The van der Waals surface area contributed by atoms with Gasteiger partial charge in [-0.1, -0.05) is 24.3 Å². The molecule has 3 rings (SSSR count). The van der Waals surface area contributed by atoms with Crippen LogP contribution < -0.4 is 10.9 Å². The number of para-hydroxylation sites is 2. The Morgan fingerprint density at radius 2 is 1.94 bits per heavy atom. The summed E-state index contributed by atoms with van der Waals surface area (Å²) < 4.78 is 20.8. The molecule has 1 heterocycles. The molecule has 0 saturated carbocycles. The summed E-state index contributed by atoms with van der Waals surface area (Å²) in [6, 6.07) is 12.1. The molecule has 0 radical (unpaired) electrons. The first kappa shape index (κ1) is 22.4. The Morgan fingerprint density at radius 1 is 1.23 bits per heavy atom. The first-order chi connectivity index (χ1) is 15.0. The molecule has 1 aromatic heterocycles. The van der Waals surface area contributed by atoms with Gasteiger partial charge in [-0.05, 0) is 44.5 Å². The van der Waals surface area contributed by atoms with E-state index in [-0.39, 0.29) is 11.2 Å². The summed E-state index contributed by atoms with van der Waals surface area (Å²) in [5, 5.41) is 3.16. The largest absolute Gasteiger partial charge is 0.385 e. The number of anilines is 1. The Bertz CT molecular complexity index is 1120. The molecule has 0 saturated heterocycles. The van der Waals surface area contributed by atoms with Gasteiger partial charge in [0.05, 0.1) is 22.6 Å². The highest BCUT2D eigenvalue weighted by atomic mass is 19.1. The van der Waals surface area contributed by atoms with Crippen LogP contribution >= 0.6 is 0 Å². The van der Waals surface area contributed by atoms with Gasteiger partial charge in [-0.15, -0.1) is 0 Å². The number of hydrogen-bond acceptors (Lipinski definition) is 4. The van der Waals surface area contributed by atoms with Crippen molar-refractivity contribution in [3.8, 4) is 0 Å². The number of methoxy groups -OCH3 is 1. The van der Waals surface area contributed by atoms with Gasteiger partial charge in [0.1, 0.15) is 11.6 Å². The molecule has 2 amide bonds. The van der Waals surface area contributed by atoms with Gasteiger partial charge in [0.2, 0.25) is 0 Å². The second-order valence-electron chi connectivity index (χ2n) is 7.16. The summed E-state index contributed by atoms with van der Waals surface area (Å²) in [6.07, 6.45) is 0.579. The maximum Gasteiger partial charge on any atom is 0.322 e. The third kappa shape index (κ3) is 4.91. The minimum absolute atomic E-state index is 0.0933. The van der Waals surface area contributed by atoms with Crippen molar-refractivity contribution in [1.29, 1.82) is 0 Å². The minimum Gasteiger partial charge on any atom is -0.385 e. The van der Waals surface area contributed by atoms with Crippen molar-refractivity contribution in [1.82, 2.24) is 14.5 Å². The van der Waals surface area contributed by atoms with E-state index in [2.05, 4.69) is 5.32 Å². The van der Waals surface area contributed by atoms with Crippen molar-refractivity contribution in [2.45, 2.75) is 32.9 Å². The van der Waals surface area contributed by atoms with E-state index in [4.69, 9.17) is 9.72 Å². The number of urea groups is 1. The summed E-state index contributed by atoms with van der Waals surface area (Å²) in [4.78, 5) is 32.4. The zero-order valence-corrected chi connectivity index (χ0v) is 18.0. The molecule has 2 aromatic carbocycles. The molecular weight excluding hydrogens is 399 g/mol. The maximum atomic E-state index is 14.1. The molecule has 8 heteroatoms. The lowest BCUT2D eigenvalue weighted by atomic mass is 10.2. The van der Waals surface area contributed by atoms with Crippen molar-refractivity contribution >= 4 is 22.6 Å². The molecule has 0 fully saturated rings. The van der Waals surface area contributed by atoms with E-state index in [0.717, 1.165) is 0 Å². The van der Waals surface area contributed by atoms with Crippen LogP contribution in [0.2, 0.25) is 0 Å². The fourth-order valence-electron chi connectivity index (χ4n) is 3.55. The summed E-state index contributed by atoms with van der Waals surface area (Å²) in [7, 11) is 1.59. The van der Waals surface area contributed by atoms with Crippen LogP contribution in [0.15, 0.2) is 53.3 Å². The quantitative estimate of drug-likeness (QED) is 0.548. The van der Waals surface area contributed by atoms with Gasteiger partial charge in [0, 0.05) is 26.8 Å². The van der Waals surface area contributed by atoms with Gasteiger partial charge in [-0.2, -0.15) is 0 Å². The average molecular weight is 426 g/mol. The maximum absolute atomic E-state index is 14.1. The lowest BCUT2D eigenvalue weighted by Crippen LogP contribution is -2.41. The molecule has 3 aromatic rings. The number of halogens is 1. The topological polar surface area (TPSA) is 76.5 Å². The van der Waals surface area contributed by atoms with Crippen molar-refractivity contribution in [2.24, 2.45) is 0 Å². The Kier molecular flexibility index (Phi) is 7.36. The summed E-state index contributed by atoms with van der Waals surface area (Å²) in [6.45, 7) is 4.90. The van der Waals surface area contributed by atoms with Crippen LogP contribution in [0.3, 0.4) is 0 Å². The Labute approximate surface area is 180 Å². The van der Waals surface area contributed by atoms with Crippen molar-refractivity contribution in [3.05, 3.63) is 70.5 Å². The number of carbonyl (C=O) groups is 1. The molecule has 1 unspecified atom stereocenters. The van der Waals surface area contributed by atoms with Gasteiger partial charge < -0.3 is 15.0 Å². The molecule has 31 heavy (non-hydrogen) atoms. The van der Waals surface area contributed by atoms with Crippen LogP contribution in [0, 0.1) is 5.82 Å². The van der Waals surface area contributed by atoms with E-state index < -0.39 is 17.9 Å². The van der Waals surface area contributed by atoms with Gasteiger partial charge in [0.15, 0.2) is 0 Å². The van der Waals surface area contributed by atoms with E-state index >= 15 is 0 Å². The number of nitrogens with one attached hydrogen (secondary N) is 1. The molecule has 1 N–H and O–H groups in total. The summed E-state index contributed by atoms with van der Waals surface area (Å²) in [5.74, 6) is -0.0399. The van der Waals surface area contributed by atoms with Gasteiger partial charge in [0.25, 0.3) is 5.56 Å². The number of rotatable bonds is 8. The Hall–Kier alpha value is -3.26. The molecule has 0 spiro atoms. The van der Waals surface area contributed by atoms with E-state index in [1.165, 1.54) is 12.1 Å². The summed E-state index contributed by atoms with van der Waals surface area (Å²) >= 11 is 0. The van der Waals surface area contributed by atoms with Crippen LogP contribution in [-0.2, 0) is 11.3 Å². The molecule has 164 valence electrons. The monoisotopic (exact) mass is 426 g/mol. The van der Waals surface area contributed by atoms with Gasteiger partial charge >= 0.3 is 6.03 Å². The Morgan fingerprint density at radius 3 is 2.65 bits per heavy atom. The predicted molar refractivity (Wildman–Crippen MR) is 119 cm³/mol. The fraction of sp³-hybridized carbons (Fsp3) is 0.348. The van der Waals surface area contributed by atoms with Crippen molar-refractivity contribution < 1.29 is 13.9 Å². The Balaban J connectivity index is 1.99. The smallest absolute Gasteiger partial charge is 0.322 e. The number of carbonyl (C=O) groups excluding carboxylic acids is 1. The highest BCUT2D eigenvalue weighted by molar-refractivity contribution is 5.89. The number of amides is 2. The standard InChI is InChI=1S/C23H27FN4O3/c1-4-27-21(25-19-12-7-5-10-17(19)22(27)29)16(2)28(14-9-15-31-3)23(30)26-20-13-8-6-11-18(20)24/h5-8,10-13,16H,4,9,14-15H2,1-3H3,(H,26,30). The van der Waals surface area contributed by atoms with Crippen molar-refractivity contribution in [2.75, 3.05) is 25.6 Å². The van der Waals surface area contributed by atoms with Gasteiger partial charge in [-0.25, -0.2) is 14.2 Å². The van der Waals surface area contributed by atoms with Crippen LogP contribution in [0.4, 0.5) is 14.9 Å². The van der Waals surface area contributed by atoms with Crippen LogP contribution in [0.5, 0.6) is 0 Å². The molecule has 0 aliphatic heterocycles. The fourth-order valence-corrected chi connectivity index (χ4v) is 3.55. The molecule has 1 atom stereocenters. The normalized spacial score (nSPS) is 12.0. The molecule has 0 aliphatic carbocycles. The molecule has 7 nitrogen and oxygen atoms in total. The average Bonchev–Trinajstić information content (AvgIpc) is 2.78. The highest BCUT2D eigenvalue weighted by Gasteiger charge is 2.26. The number of nitrogens with zero attached hydrogens (tertiary/aromatic N) is 3. The van der Waals surface area contributed by atoms with Crippen molar-refractivity contribution in [3.63, 3.8) is 0 Å². The first-order valence-electron chi connectivity index (χ1n) is 10.3. The number of fused-ring (bicyclic) bond motifs is 1. The van der Waals surface area contributed by atoms with Crippen LogP contribution in [0.25, 0.3) is 10.9 Å². The lowest BCUT2D eigenvalue weighted by molar-refractivity contribution is 0.158. The molecule has 0 bridgehead atoms. The third-order valence-corrected chi connectivity index (χ3v) is 5.17. The SMILES string of the molecule is CCn1c(C(C)N(CCCOC)C(=O)Nc2ccccc2F)nc2ccccc2c1=O. The zero-order chi connectivity index (χ0) is 22.4. The number of hydrogen-bond donors (Lipinski definition) is 1. The minimum atomic E-state index is -0.527. The van der Waals surface area contributed by atoms with Gasteiger partial charge in [-0.3, -0.25) is 9.36 Å².